The normalized spacial score (nSPS) is 18.4. The molecule has 0 bridgehead atoms. The van der Waals surface area contributed by atoms with Crippen LogP contribution in [0.4, 0.5) is 29.3 Å². The maximum absolute atomic E-state index is 13.4. The van der Waals surface area contributed by atoms with Crippen LogP contribution in [0.3, 0.4) is 0 Å². The first-order valence-corrected chi connectivity index (χ1v) is 11.6. The van der Waals surface area contributed by atoms with Crippen LogP contribution in [0.25, 0.3) is 0 Å². The number of nitrogens with one attached hydrogen (secondary N) is 1. The zero-order valence-corrected chi connectivity index (χ0v) is 20.2. The third kappa shape index (κ3) is 5.23. The van der Waals surface area contributed by atoms with Crippen LogP contribution in [0, 0.1) is 12.8 Å². The number of nitrogens with zero attached hydrogens (tertiary/aromatic N) is 3. The van der Waals surface area contributed by atoms with Gasteiger partial charge in [0.2, 0.25) is 11.8 Å². The predicted octanol–water partition coefficient (Wildman–Crippen LogP) is 3.06. The van der Waals surface area contributed by atoms with Crippen LogP contribution in [0.5, 0.6) is 0 Å². The highest BCUT2D eigenvalue weighted by Crippen LogP contribution is 2.34. The number of benzene rings is 2. The molecule has 2 fully saturated rings. The van der Waals surface area contributed by atoms with Crippen LogP contribution in [0.2, 0.25) is 0 Å². The zero-order valence-electron chi connectivity index (χ0n) is 20.2. The lowest BCUT2D eigenvalue weighted by Gasteiger charge is -2.38. The Hall–Kier alpha value is -4.09. The Morgan fingerprint density at radius 3 is 2.35 bits per heavy atom. The van der Waals surface area contributed by atoms with Gasteiger partial charge in [0.1, 0.15) is 0 Å². The number of halogens is 3. The molecular formula is C25H25F3N4O5. The monoisotopic (exact) mass is 518 g/mol. The Labute approximate surface area is 210 Å². The summed E-state index contributed by atoms with van der Waals surface area (Å²) in [7, 11) is 0. The van der Waals surface area contributed by atoms with E-state index in [9.17, 15) is 32.3 Å². The van der Waals surface area contributed by atoms with E-state index in [1.54, 1.807) is 36.1 Å². The van der Waals surface area contributed by atoms with Crippen molar-refractivity contribution in [2.45, 2.75) is 26.6 Å². The maximum Gasteiger partial charge on any atom is 0.416 e. The molecule has 2 aliphatic rings. The van der Waals surface area contributed by atoms with Gasteiger partial charge in [0.05, 0.1) is 38.5 Å². The Kier molecular flexibility index (Phi) is 7.10. The number of imide groups is 1. The van der Waals surface area contributed by atoms with Gasteiger partial charge in [0, 0.05) is 11.4 Å². The molecule has 0 aromatic heterocycles. The van der Waals surface area contributed by atoms with Crippen molar-refractivity contribution in [3.8, 4) is 0 Å². The fraction of sp³-hybridized carbons (Fsp3) is 0.360. The van der Waals surface area contributed by atoms with Gasteiger partial charge in [-0.1, -0.05) is 12.1 Å². The molecule has 0 saturated carbocycles. The second-order valence-electron chi connectivity index (χ2n) is 8.68. The Morgan fingerprint density at radius 2 is 1.76 bits per heavy atom. The Bertz CT molecular complexity index is 1230. The molecule has 2 heterocycles. The fourth-order valence-electron chi connectivity index (χ4n) is 4.37. The number of urea groups is 1. The third-order valence-electron chi connectivity index (χ3n) is 6.37. The minimum atomic E-state index is -4.60. The number of amides is 4. The van der Waals surface area contributed by atoms with Gasteiger partial charge in [0.25, 0.3) is 0 Å². The van der Waals surface area contributed by atoms with E-state index in [1.807, 2.05) is 0 Å². The van der Waals surface area contributed by atoms with Crippen LogP contribution in [0.1, 0.15) is 23.6 Å². The lowest BCUT2D eigenvalue weighted by atomic mass is 9.99. The molecule has 37 heavy (non-hydrogen) atoms. The highest BCUT2D eigenvalue weighted by Gasteiger charge is 2.44. The molecule has 1 N–H and O–H groups in total. The molecule has 196 valence electrons. The van der Waals surface area contributed by atoms with Gasteiger partial charge in [-0.05, 0) is 55.3 Å². The summed E-state index contributed by atoms with van der Waals surface area (Å²) in [4.78, 5) is 54.5. The third-order valence-corrected chi connectivity index (χ3v) is 6.37. The van der Waals surface area contributed by atoms with Crippen molar-refractivity contribution in [2.24, 2.45) is 5.92 Å². The fourth-order valence-corrected chi connectivity index (χ4v) is 4.37. The number of carbonyl (C=O) groups is 4. The summed E-state index contributed by atoms with van der Waals surface area (Å²) in [5.41, 5.74) is 0.244. The van der Waals surface area contributed by atoms with Crippen LogP contribution < -0.4 is 15.1 Å². The van der Waals surface area contributed by atoms with Crippen molar-refractivity contribution >= 4 is 35.2 Å². The quantitative estimate of drug-likeness (QED) is 0.466. The highest BCUT2D eigenvalue weighted by molar-refractivity contribution is 6.12. The summed E-state index contributed by atoms with van der Waals surface area (Å²) >= 11 is 0. The average molecular weight is 518 g/mol. The molecule has 12 heteroatoms. The van der Waals surface area contributed by atoms with E-state index in [0.29, 0.717) is 12.4 Å². The predicted molar refractivity (Wildman–Crippen MR) is 126 cm³/mol. The van der Waals surface area contributed by atoms with Gasteiger partial charge < -0.3 is 15.0 Å². The first-order valence-electron chi connectivity index (χ1n) is 11.6. The van der Waals surface area contributed by atoms with Crippen molar-refractivity contribution in [3.63, 3.8) is 0 Å². The molecule has 1 atom stereocenters. The molecule has 0 radical (unpaired) electrons. The maximum atomic E-state index is 13.4. The number of ether oxygens (including phenoxy) is 1. The van der Waals surface area contributed by atoms with E-state index in [2.05, 4.69) is 5.32 Å². The molecule has 1 unspecified atom stereocenters. The van der Waals surface area contributed by atoms with Gasteiger partial charge >= 0.3 is 18.2 Å². The molecule has 0 aliphatic carbocycles. The standard InChI is InChI=1S/C25H25F3N4O5/c1-3-37-23(35)19-12-31(18-9-7-17(8-10-18)30-13-21(33)29-14-30)24(36)32(22(19)34)11-16-5-4-6-20(15(16)2)25(26,27)28/h4-10,19H,3,11-14H2,1-2H3,(H,29,33). The minimum absolute atomic E-state index is 0.0145. The summed E-state index contributed by atoms with van der Waals surface area (Å²) in [6, 6.07) is 9.39. The number of anilines is 2. The van der Waals surface area contributed by atoms with E-state index in [-0.39, 0.29) is 36.7 Å². The molecular weight excluding hydrogens is 493 g/mol. The second kappa shape index (κ2) is 10.1. The average Bonchev–Trinajstić information content (AvgIpc) is 3.28. The van der Waals surface area contributed by atoms with E-state index in [4.69, 9.17) is 4.74 Å². The summed E-state index contributed by atoms with van der Waals surface area (Å²) < 4.78 is 45.3. The minimum Gasteiger partial charge on any atom is -0.465 e. The Morgan fingerprint density at radius 1 is 1.08 bits per heavy atom. The first-order chi connectivity index (χ1) is 17.5. The number of carbonyl (C=O) groups excluding carboxylic acids is 4. The van der Waals surface area contributed by atoms with E-state index in [0.717, 1.165) is 16.7 Å². The first kappa shape index (κ1) is 26.0. The lowest BCUT2D eigenvalue weighted by molar-refractivity contribution is -0.154. The smallest absolute Gasteiger partial charge is 0.416 e. The van der Waals surface area contributed by atoms with Crippen molar-refractivity contribution in [1.82, 2.24) is 10.2 Å². The van der Waals surface area contributed by atoms with E-state index in [1.165, 1.54) is 24.0 Å². The largest absolute Gasteiger partial charge is 0.465 e. The van der Waals surface area contributed by atoms with Gasteiger partial charge in [-0.15, -0.1) is 0 Å². The molecule has 4 rings (SSSR count). The van der Waals surface area contributed by atoms with Crippen LogP contribution in [-0.4, -0.2) is 55.1 Å². The zero-order chi connectivity index (χ0) is 26.9. The molecule has 2 aromatic rings. The van der Waals surface area contributed by atoms with Gasteiger partial charge in [0.15, 0.2) is 5.92 Å². The van der Waals surface area contributed by atoms with Crippen LogP contribution >= 0.6 is 0 Å². The number of alkyl halides is 3. The van der Waals surface area contributed by atoms with Crippen LogP contribution in [-0.2, 0) is 31.8 Å². The topological polar surface area (TPSA) is 99.3 Å². The number of hydrogen-bond acceptors (Lipinski definition) is 6. The van der Waals surface area contributed by atoms with Gasteiger partial charge in [-0.3, -0.25) is 24.2 Å². The van der Waals surface area contributed by atoms with E-state index >= 15 is 0 Å². The van der Waals surface area contributed by atoms with Crippen molar-refractivity contribution < 1.29 is 37.1 Å². The molecule has 9 nitrogen and oxygen atoms in total. The lowest BCUT2D eigenvalue weighted by Crippen LogP contribution is -2.58. The van der Waals surface area contributed by atoms with E-state index < -0.39 is 42.1 Å². The van der Waals surface area contributed by atoms with Crippen molar-refractivity contribution in [3.05, 3.63) is 59.2 Å². The SMILES string of the molecule is CCOC(=O)C1CN(c2ccc(N3CNC(=O)C3)cc2)C(=O)N(Cc2cccc(C(F)(F)F)c2C)C1=O. The molecule has 0 spiro atoms. The second-order valence-corrected chi connectivity index (χ2v) is 8.68. The Balaban J connectivity index is 1.66. The molecule has 2 aromatic carbocycles. The molecule has 2 saturated heterocycles. The summed E-state index contributed by atoms with van der Waals surface area (Å²) in [5, 5.41) is 2.69. The number of rotatable bonds is 6. The summed E-state index contributed by atoms with van der Waals surface area (Å²) in [6.07, 6.45) is -4.60. The summed E-state index contributed by atoms with van der Waals surface area (Å²) in [6.45, 7) is 2.66. The van der Waals surface area contributed by atoms with Crippen LogP contribution in [0.15, 0.2) is 42.5 Å². The molecule has 2 aliphatic heterocycles. The highest BCUT2D eigenvalue weighted by atomic mass is 19.4. The van der Waals surface area contributed by atoms with Gasteiger partial charge in [-0.25, -0.2) is 4.79 Å². The summed E-state index contributed by atoms with van der Waals surface area (Å²) in [5.74, 6) is -3.13. The molecule has 4 amide bonds. The number of hydrogen-bond donors (Lipinski definition) is 1. The van der Waals surface area contributed by atoms with Crippen molar-refractivity contribution in [2.75, 3.05) is 36.2 Å². The number of esters is 1. The van der Waals surface area contributed by atoms with Gasteiger partial charge in [-0.2, -0.15) is 13.2 Å². The van der Waals surface area contributed by atoms with Crippen molar-refractivity contribution in [1.29, 1.82) is 0 Å².